The van der Waals surface area contributed by atoms with Crippen molar-refractivity contribution in [3.05, 3.63) is 66.0 Å². The van der Waals surface area contributed by atoms with Crippen LogP contribution in [0.2, 0.25) is 0 Å². The molecule has 3 aromatic rings. The van der Waals surface area contributed by atoms with Gasteiger partial charge in [-0.05, 0) is 35.9 Å². The quantitative estimate of drug-likeness (QED) is 0.686. The molecule has 0 saturated heterocycles. The Kier molecular flexibility index (Phi) is 4.91. The highest BCUT2D eigenvalue weighted by Gasteiger charge is 2.02. The van der Waals surface area contributed by atoms with E-state index in [0.717, 1.165) is 28.2 Å². The van der Waals surface area contributed by atoms with Gasteiger partial charge in [-0.2, -0.15) is 0 Å². The molecule has 1 aromatic heterocycles. The van der Waals surface area contributed by atoms with Crippen molar-refractivity contribution in [2.75, 3.05) is 13.7 Å². The molecule has 3 rings (SSSR count). The Morgan fingerprint density at radius 1 is 1.21 bits per heavy atom. The summed E-state index contributed by atoms with van der Waals surface area (Å²) in [5, 5.41) is 2.86. The minimum Gasteiger partial charge on any atom is -0.497 e. The number of hydrogen-bond donors (Lipinski definition) is 2. The first kappa shape index (κ1) is 15.8. The number of aromatic amines is 1. The van der Waals surface area contributed by atoms with E-state index in [1.807, 2.05) is 48.5 Å². The van der Waals surface area contributed by atoms with Gasteiger partial charge in [0.2, 0.25) is 5.91 Å². The molecule has 0 saturated carbocycles. The second kappa shape index (κ2) is 7.46. The summed E-state index contributed by atoms with van der Waals surface area (Å²) in [6, 6.07) is 15.4. The topological polar surface area (TPSA) is 67.0 Å². The lowest BCUT2D eigenvalue weighted by molar-refractivity contribution is -0.116. The molecule has 0 spiro atoms. The number of benzene rings is 2. The number of hydrogen-bond acceptors (Lipinski definition) is 3. The number of para-hydroxylation sites is 2. The second-order valence-corrected chi connectivity index (χ2v) is 5.35. The van der Waals surface area contributed by atoms with Gasteiger partial charge < -0.3 is 15.0 Å². The molecule has 2 N–H and O–H groups in total. The highest BCUT2D eigenvalue weighted by atomic mass is 16.5. The SMILES string of the molecule is COc1ccc(/C=C/C(=O)NCCc2nc3ccccc3[nH]2)cc1. The zero-order chi connectivity index (χ0) is 16.8. The van der Waals surface area contributed by atoms with E-state index in [9.17, 15) is 4.79 Å². The number of methoxy groups -OCH3 is 1. The minimum absolute atomic E-state index is 0.123. The zero-order valence-electron chi connectivity index (χ0n) is 13.5. The van der Waals surface area contributed by atoms with E-state index < -0.39 is 0 Å². The Balaban J connectivity index is 1.48. The van der Waals surface area contributed by atoms with Crippen LogP contribution in [-0.2, 0) is 11.2 Å². The van der Waals surface area contributed by atoms with E-state index >= 15 is 0 Å². The van der Waals surface area contributed by atoms with Gasteiger partial charge in [-0.1, -0.05) is 24.3 Å². The predicted octanol–water partition coefficient (Wildman–Crippen LogP) is 2.94. The second-order valence-electron chi connectivity index (χ2n) is 5.35. The normalized spacial score (nSPS) is 11.0. The van der Waals surface area contributed by atoms with Crippen molar-refractivity contribution in [2.45, 2.75) is 6.42 Å². The summed E-state index contributed by atoms with van der Waals surface area (Å²) in [4.78, 5) is 19.6. The molecule has 5 nitrogen and oxygen atoms in total. The molecule has 0 fully saturated rings. The highest BCUT2D eigenvalue weighted by Crippen LogP contribution is 2.12. The van der Waals surface area contributed by atoms with E-state index in [2.05, 4.69) is 15.3 Å². The van der Waals surface area contributed by atoms with Crippen LogP contribution in [0.25, 0.3) is 17.1 Å². The third kappa shape index (κ3) is 4.01. The average molecular weight is 321 g/mol. The zero-order valence-corrected chi connectivity index (χ0v) is 13.5. The van der Waals surface area contributed by atoms with Crippen molar-refractivity contribution < 1.29 is 9.53 Å². The Labute approximate surface area is 140 Å². The van der Waals surface area contributed by atoms with Crippen molar-refractivity contribution in [3.63, 3.8) is 0 Å². The van der Waals surface area contributed by atoms with Crippen LogP contribution < -0.4 is 10.1 Å². The van der Waals surface area contributed by atoms with Crippen molar-refractivity contribution >= 4 is 23.0 Å². The number of fused-ring (bicyclic) bond motifs is 1. The summed E-state index contributed by atoms with van der Waals surface area (Å²) >= 11 is 0. The average Bonchev–Trinajstić information content (AvgIpc) is 3.03. The van der Waals surface area contributed by atoms with Gasteiger partial charge in [0.1, 0.15) is 11.6 Å². The van der Waals surface area contributed by atoms with Crippen LogP contribution in [-0.4, -0.2) is 29.5 Å². The van der Waals surface area contributed by atoms with Crippen molar-refractivity contribution in [1.29, 1.82) is 0 Å². The first-order chi connectivity index (χ1) is 11.7. The van der Waals surface area contributed by atoms with Crippen LogP contribution in [0.5, 0.6) is 5.75 Å². The fourth-order valence-corrected chi connectivity index (χ4v) is 2.37. The van der Waals surface area contributed by atoms with Gasteiger partial charge in [-0.15, -0.1) is 0 Å². The van der Waals surface area contributed by atoms with Crippen LogP contribution in [0.1, 0.15) is 11.4 Å². The monoisotopic (exact) mass is 321 g/mol. The molecular formula is C19H19N3O2. The van der Waals surface area contributed by atoms with Gasteiger partial charge in [0.15, 0.2) is 0 Å². The summed E-state index contributed by atoms with van der Waals surface area (Å²) in [7, 11) is 1.63. The van der Waals surface area contributed by atoms with Gasteiger partial charge in [-0.25, -0.2) is 4.98 Å². The first-order valence-corrected chi connectivity index (χ1v) is 7.78. The maximum Gasteiger partial charge on any atom is 0.244 e. The molecule has 0 atom stereocenters. The largest absolute Gasteiger partial charge is 0.497 e. The summed E-state index contributed by atoms with van der Waals surface area (Å²) < 4.78 is 5.10. The lowest BCUT2D eigenvalue weighted by atomic mass is 10.2. The van der Waals surface area contributed by atoms with E-state index in [1.165, 1.54) is 6.08 Å². The van der Waals surface area contributed by atoms with E-state index in [4.69, 9.17) is 4.74 Å². The summed E-state index contributed by atoms with van der Waals surface area (Å²) in [6.45, 7) is 0.533. The Morgan fingerprint density at radius 2 is 2.00 bits per heavy atom. The lowest BCUT2D eigenvalue weighted by Gasteiger charge is -2.01. The number of aromatic nitrogens is 2. The van der Waals surface area contributed by atoms with E-state index in [0.29, 0.717) is 13.0 Å². The molecular weight excluding hydrogens is 302 g/mol. The third-order valence-corrected chi connectivity index (χ3v) is 3.64. The van der Waals surface area contributed by atoms with Gasteiger partial charge in [0, 0.05) is 19.0 Å². The summed E-state index contributed by atoms with van der Waals surface area (Å²) in [5.74, 6) is 1.54. The number of nitrogens with one attached hydrogen (secondary N) is 2. The summed E-state index contributed by atoms with van der Waals surface area (Å²) in [5.41, 5.74) is 2.90. The van der Waals surface area contributed by atoms with Gasteiger partial charge >= 0.3 is 0 Å². The van der Waals surface area contributed by atoms with E-state index in [1.54, 1.807) is 13.2 Å². The van der Waals surface area contributed by atoms with Crippen LogP contribution in [0.15, 0.2) is 54.6 Å². The first-order valence-electron chi connectivity index (χ1n) is 7.78. The molecule has 5 heteroatoms. The molecule has 2 aromatic carbocycles. The maximum absolute atomic E-state index is 11.8. The van der Waals surface area contributed by atoms with Crippen LogP contribution in [0.3, 0.4) is 0 Å². The predicted molar refractivity (Wildman–Crippen MR) is 94.8 cm³/mol. The Bertz CT molecular complexity index is 817. The maximum atomic E-state index is 11.8. The molecule has 0 bridgehead atoms. The summed E-state index contributed by atoms with van der Waals surface area (Å²) in [6.07, 6.45) is 3.97. The number of H-pyrrole nitrogens is 1. The lowest BCUT2D eigenvalue weighted by Crippen LogP contribution is -2.23. The van der Waals surface area contributed by atoms with Crippen molar-refractivity contribution in [3.8, 4) is 5.75 Å². The van der Waals surface area contributed by atoms with Crippen LogP contribution in [0.4, 0.5) is 0 Å². The third-order valence-electron chi connectivity index (χ3n) is 3.64. The number of ether oxygens (including phenoxy) is 1. The Hall–Kier alpha value is -3.08. The van der Waals surface area contributed by atoms with Crippen molar-refractivity contribution in [1.82, 2.24) is 15.3 Å². The van der Waals surface area contributed by atoms with Crippen LogP contribution >= 0.6 is 0 Å². The number of carbonyl (C=O) groups excluding carboxylic acids is 1. The molecule has 1 heterocycles. The molecule has 0 aliphatic carbocycles. The van der Waals surface area contributed by atoms with Crippen molar-refractivity contribution in [2.24, 2.45) is 0 Å². The number of carbonyl (C=O) groups is 1. The molecule has 0 radical (unpaired) electrons. The molecule has 24 heavy (non-hydrogen) atoms. The molecule has 122 valence electrons. The fraction of sp³-hybridized carbons (Fsp3) is 0.158. The fourth-order valence-electron chi connectivity index (χ4n) is 2.37. The molecule has 1 amide bonds. The standard InChI is InChI=1S/C19H19N3O2/c1-24-15-9-6-14(7-10-15)8-11-19(23)20-13-12-18-21-16-4-2-3-5-17(16)22-18/h2-11H,12-13H2,1H3,(H,20,23)(H,21,22)/b11-8+. The van der Waals surface area contributed by atoms with E-state index in [-0.39, 0.29) is 5.91 Å². The number of nitrogens with zero attached hydrogens (tertiary/aromatic N) is 1. The van der Waals surface area contributed by atoms with Crippen LogP contribution in [0, 0.1) is 0 Å². The number of amides is 1. The number of imidazole rings is 1. The minimum atomic E-state index is -0.123. The molecule has 0 aliphatic rings. The van der Waals surface area contributed by atoms with Gasteiger partial charge in [0.05, 0.1) is 18.1 Å². The number of rotatable bonds is 6. The van der Waals surface area contributed by atoms with Gasteiger partial charge in [0.25, 0.3) is 0 Å². The van der Waals surface area contributed by atoms with Gasteiger partial charge in [-0.3, -0.25) is 4.79 Å². The molecule has 0 unspecified atom stereocenters. The Morgan fingerprint density at radius 3 is 2.75 bits per heavy atom. The highest BCUT2D eigenvalue weighted by molar-refractivity contribution is 5.91. The smallest absolute Gasteiger partial charge is 0.244 e. The molecule has 0 aliphatic heterocycles.